The number of hydrogen-bond acceptors (Lipinski definition) is 3. The number of halogens is 2. The van der Waals surface area contributed by atoms with Crippen molar-refractivity contribution in [1.29, 1.82) is 0 Å². The van der Waals surface area contributed by atoms with Gasteiger partial charge in [0, 0.05) is 22.4 Å². The van der Waals surface area contributed by atoms with Gasteiger partial charge in [0.2, 0.25) is 5.91 Å². The van der Waals surface area contributed by atoms with E-state index in [2.05, 4.69) is 5.32 Å². The van der Waals surface area contributed by atoms with E-state index in [-0.39, 0.29) is 12.3 Å². The van der Waals surface area contributed by atoms with Gasteiger partial charge in [-0.25, -0.2) is 4.79 Å². The predicted octanol–water partition coefficient (Wildman–Crippen LogP) is 3.19. The van der Waals surface area contributed by atoms with E-state index in [0.717, 1.165) is 0 Å². The molecule has 6 heteroatoms. The van der Waals surface area contributed by atoms with Crippen LogP contribution in [0, 0.1) is 0 Å². The highest BCUT2D eigenvalue weighted by Gasteiger charge is 2.47. The fraction of sp³-hybridized carbons (Fsp3) is 0.333. The summed E-state index contributed by atoms with van der Waals surface area (Å²) < 4.78 is 5.36. The first-order valence-corrected chi connectivity index (χ1v) is 7.28. The molecule has 1 N–H and O–H groups in total. The first-order chi connectivity index (χ1) is 9.79. The van der Waals surface area contributed by atoms with Crippen LogP contribution in [0.1, 0.15) is 31.7 Å². The Morgan fingerprint density at radius 1 is 1.29 bits per heavy atom. The highest BCUT2D eigenvalue weighted by atomic mass is 35.5. The first kappa shape index (κ1) is 14.4. The third kappa shape index (κ3) is 2.32. The molecule has 0 aromatic heterocycles. The average Bonchev–Trinajstić information content (AvgIpc) is 2.59. The number of amides is 1. The van der Waals surface area contributed by atoms with Crippen molar-refractivity contribution >= 4 is 35.1 Å². The van der Waals surface area contributed by atoms with Crippen molar-refractivity contribution in [2.45, 2.75) is 31.8 Å². The number of benzene rings is 1. The Kier molecular flexibility index (Phi) is 3.26. The van der Waals surface area contributed by atoms with Gasteiger partial charge in [0.25, 0.3) is 0 Å². The molecule has 0 saturated carbocycles. The highest BCUT2D eigenvalue weighted by Crippen LogP contribution is 2.44. The zero-order valence-corrected chi connectivity index (χ0v) is 13.0. The summed E-state index contributed by atoms with van der Waals surface area (Å²) in [5.41, 5.74) is 0.876. The van der Waals surface area contributed by atoms with Crippen LogP contribution in [0.5, 0.6) is 0 Å². The van der Waals surface area contributed by atoms with E-state index < -0.39 is 17.5 Å². The fourth-order valence-electron chi connectivity index (χ4n) is 2.83. The Bertz CT molecular complexity index is 694. The molecule has 1 atom stereocenters. The normalized spacial score (nSPS) is 23.7. The monoisotopic (exact) mass is 325 g/mol. The van der Waals surface area contributed by atoms with Gasteiger partial charge in [0.15, 0.2) is 0 Å². The summed E-state index contributed by atoms with van der Waals surface area (Å²) in [5.74, 6) is -0.977. The van der Waals surface area contributed by atoms with E-state index in [0.29, 0.717) is 26.9 Å². The second kappa shape index (κ2) is 4.75. The Morgan fingerprint density at radius 3 is 2.67 bits per heavy atom. The minimum atomic E-state index is -0.834. The van der Waals surface area contributed by atoms with Gasteiger partial charge in [-0.2, -0.15) is 0 Å². The number of rotatable bonds is 1. The van der Waals surface area contributed by atoms with E-state index in [4.69, 9.17) is 27.9 Å². The second-order valence-electron chi connectivity index (χ2n) is 5.66. The van der Waals surface area contributed by atoms with Crippen molar-refractivity contribution in [3.63, 3.8) is 0 Å². The number of hydrogen-bond donors (Lipinski definition) is 1. The Hall–Kier alpha value is -1.52. The lowest BCUT2D eigenvalue weighted by atomic mass is 9.83. The molecule has 2 aliphatic rings. The van der Waals surface area contributed by atoms with Crippen LogP contribution in [0.3, 0.4) is 0 Å². The number of carbonyl (C=O) groups is 2. The Morgan fingerprint density at radius 2 is 2.00 bits per heavy atom. The van der Waals surface area contributed by atoms with E-state index >= 15 is 0 Å². The van der Waals surface area contributed by atoms with Crippen LogP contribution in [0.15, 0.2) is 29.5 Å². The lowest BCUT2D eigenvalue weighted by Crippen LogP contribution is -2.38. The van der Waals surface area contributed by atoms with Crippen LogP contribution >= 0.6 is 23.2 Å². The van der Waals surface area contributed by atoms with Gasteiger partial charge in [-0.05, 0) is 31.5 Å². The molecule has 110 valence electrons. The van der Waals surface area contributed by atoms with Crippen molar-refractivity contribution < 1.29 is 14.3 Å². The van der Waals surface area contributed by atoms with Crippen LogP contribution in [0.4, 0.5) is 0 Å². The topological polar surface area (TPSA) is 55.4 Å². The molecule has 21 heavy (non-hydrogen) atoms. The minimum absolute atomic E-state index is 0.156. The van der Waals surface area contributed by atoms with E-state index in [1.807, 2.05) is 0 Å². The molecule has 2 heterocycles. The first-order valence-electron chi connectivity index (χ1n) is 6.52. The smallest absolute Gasteiger partial charge is 0.337 e. The maximum absolute atomic E-state index is 12.2. The van der Waals surface area contributed by atoms with Crippen LogP contribution in [-0.2, 0) is 14.3 Å². The Balaban J connectivity index is 2.15. The lowest BCUT2D eigenvalue weighted by molar-refractivity contribution is -0.144. The summed E-state index contributed by atoms with van der Waals surface area (Å²) in [5, 5.41) is 3.70. The minimum Gasteiger partial charge on any atom is -0.450 e. The fourth-order valence-corrected chi connectivity index (χ4v) is 3.37. The van der Waals surface area contributed by atoms with Crippen LogP contribution in [0.2, 0.25) is 10.0 Å². The molecule has 3 rings (SSSR count). The zero-order chi connectivity index (χ0) is 15.4. The standard InChI is InChI=1S/C15H13Cl2NO3/c1-15(2)13-12(14(20)21-15)9(6-11(19)18-13)8-4-3-7(16)5-10(8)17/h3-5,9H,6H2,1-2H3,(H,18,19)/t9-/m1/s1. The molecule has 2 aliphatic heterocycles. The van der Waals surface area contributed by atoms with Gasteiger partial charge < -0.3 is 10.1 Å². The third-order valence-electron chi connectivity index (χ3n) is 3.78. The van der Waals surface area contributed by atoms with E-state index in [1.165, 1.54) is 0 Å². The summed E-state index contributed by atoms with van der Waals surface area (Å²) in [4.78, 5) is 24.2. The number of carbonyl (C=O) groups excluding carboxylic acids is 2. The molecule has 0 saturated heterocycles. The number of nitrogens with one attached hydrogen (secondary N) is 1. The maximum atomic E-state index is 12.2. The molecular weight excluding hydrogens is 313 g/mol. The van der Waals surface area contributed by atoms with Crippen LogP contribution < -0.4 is 5.32 Å². The van der Waals surface area contributed by atoms with Gasteiger partial charge in [-0.3, -0.25) is 4.79 Å². The summed E-state index contributed by atoms with van der Waals surface area (Å²) in [6, 6.07) is 5.05. The molecule has 0 unspecified atom stereocenters. The molecular formula is C15H13Cl2NO3. The molecule has 0 fully saturated rings. The number of esters is 1. The SMILES string of the molecule is CC1(C)OC(=O)C2=C1NC(=O)C[C@@H]2c1ccc(Cl)cc1Cl. The average molecular weight is 326 g/mol. The zero-order valence-electron chi connectivity index (χ0n) is 11.5. The number of ether oxygens (including phenoxy) is 1. The summed E-state index contributed by atoms with van der Waals surface area (Å²) >= 11 is 12.1. The Labute approximate surface area is 132 Å². The summed E-state index contributed by atoms with van der Waals surface area (Å²) in [6.45, 7) is 3.50. The lowest BCUT2D eigenvalue weighted by Gasteiger charge is -2.27. The van der Waals surface area contributed by atoms with Crippen molar-refractivity contribution in [1.82, 2.24) is 5.32 Å². The molecule has 0 radical (unpaired) electrons. The van der Waals surface area contributed by atoms with Crippen molar-refractivity contribution in [3.8, 4) is 0 Å². The third-order valence-corrected chi connectivity index (χ3v) is 4.34. The van der Waals surface area contributed by atoms with Gasteiger partial charge in [-0.15, -0.1) is 0 Å². The van der Waals surface area contributed by atoms with Gasteiger partial charge in [-0.1, -0.05) is 29.3 Å². The molecule has 0 aliphatic carbocycles. The van der Waals surface area contributed by atoms with E-state index in [9.17, 15) is 9.59 Å². The largest absolute Gasteiger partial charge is 0.450 e. The van der Waals surface area contributed by atoms with Gasteiger partial charge in [0.1, 0.15) is 5.60 Å². The van der Waals surface area contributed by atoms with Crippen molar-refractivity contribution in [2.24, 2.45) is 0 Å². The maximum Gasteiger partial charge on any atom is 0.337 e. The molecule has 0 spiro atoms. The van der Waals surface area contributed by atoms with Gasteiger partial charge in [0.05, 0.1) is 11.3 Å². The van der Waals surface area contributed by atoms with Crippen LogP contribution in [-0.4, -0.2) is 17.5 Å². The summed E-state index contributed by atoms with van der Waals surface area (Å²) in [7, 11) is 0. The quantitative estimate of drug-likeness (QED) is 0.807. The molecule has 1 aromatic carbocycles. The van der Waals surface area contributed by atoms with Gasteiger partial charge >= 0.3 is 5.97 Å². The number of cyclic esters (lactones) is 1. The van der Waals surface area contributed by atoms with Crippen molar-refractivity contribution in [3.05, 3.63) is 45.1 Å². The molecule has 1 aromatic rings. The van der Waals surface area contributed by atoms with Crippen molar-refractivity contribution in [2.75, 3.05) is 0 Å². The predicted molar refractivity (Wildman–Crippen MR) is 79.2 cm³/mol. The summed E-state index contributed by atoms with van der Waals surface area (Å²) in [6.07, 6.45) is 0.158. The van der Waals surface area contributed by atoms with Crippen LogP contribution in [0.25, 0.3) is 0 Å². The molecule has 4 nitrogen and oxygen atoms in total. The van der Waals surface area contributed by atoms with E-state index in [1.54, 1.807) is 32.0 Å². The molecule has 1 amide bonds. The highest BCUT2D eigenvalue weighted by molar-refractivity contribution is 6.35. The second-order valence-corrected chi connectivity index (χ2v) is 6.50. The molecule has 0 bridgehead atoms.